The largest absolute Gasteiger partial charge is 0.394 e. The second-order valence-corrected chi connectivity index (χ2v) is 6.58. The SMILES string of the molecule is OCC1OC(n2cnc3c(NCCc4ccc(F)cc4)ncnc32)C(O)C1O. The van der Waals surface area contributed by atoms with Crippen molar-refractivity contribution in [2.45, 2.75) is 31.0 Å². The highest BCUT2D eigenvalue weighted by Crippen LogP contribution is 2.32. The highest BCUT2D eigenvalue weighted by Gasteiger charge is 2.44. The Labute approximate surface area is 159 Å². The van der Waals surface area contributed by atoms with E-state index in [0.717, 1.165) is 5.56 Å². The summed E-state index contributed by atoms with van der Waals surface area (Å²) in [5.74, 6) is 0.238. The van der Waals surface area contributed by atoms with Crippen LogP contribution in [0, 0.1) is 5.82 Å². The third-order valence-corrected chi connectivity index (χ3v) is 4.77. The Morgan fingerprint density at radius 3 is 2.61 bits per heavy atom. The minimum atomic E-state index is -1.22. The molecule has 3 aromatic rings. The number of nitrogens with one attached hydrogen (secondary N) is 1. The molecule has 0 saturated carbocycles. The number of fused-ring (bicyclic) bond motifs is 1. The summed E-state index contributed by atoms with van der Waals surface area (Å²) in [6.07, 6.45) is -0.748. The van der Waals surface area contributed by atoms with Crippen LogP contribution in [0.5, 0.6) is 0 Å². The Morgan fingerprint density at radius 1 is 1.11 bits per heavy atom. The molecular weight excluding hydrogens is 369 g/mol. The Morgan fingerprint density at radius 2 is 1.89 bits per heavy atom. The Bertz CT molecular complexity index is 951. The number of aliphatic hydroxyl groups is 3. The van der Waals surface area contributed by atoms with E-state index in [1.54, 1.807) is 12.1 Å². The summed E-state index contributed by atoms with van der Waals surface area (Å²) < 4.78 is 20.0. The van der Waals surface area contributed by atoms with E-state index < -0.39 is 31.1 Å². The molecule has 1 saturated heterocycles. The first kappa shape index (κ1) is 18.7. The minimum absolute atomic E-state index is 0.273. The van der Waals surface area contributed by atoms with E-state index in [0.29, 0.717) is 29.9 Å². The summed E-state index contributed by atoms with van der Waals surface area (Å²) in [6.45, 7) is 0.144. The molecule has 4 atom stereocenters. The molecule has 2 aromatic heterocycles. The summed E-state index contributed by atoms with van der Waals surface area (Å²) in [5, 5.41) is 32.6. The van der Waals surface area contributed by atoms with Gasteiger partial charge in [-0.05, 0) is 24.1 Å². The number of anilines is 1. The zero-order chi connectivity index (χ0) is 19.7. The number of aliphatic hydroxyl groups excluding tert-OH is 3. The van der Waals surface area contributed by atoms with Crippen molar-refractivity contribution in [3.63, 3.8) is 0 Å². The van der Waals surface area contributed by atoms with E-state index in [-0.39, 0.29) is 5.82 Å². The molecule has 4 unspecified atom stereocenters. The van der Waals surface area contributed by atoms with Gasteiger partial charge in [-0.3, -0.25) is 4.57 Å². The number of nitrogens with zero attached hydrogens (tertiary/aromatic N) is 4. The van der Waals surface area contributed by atoms with E-state index in [1.165, 1.54) is 29.4 Å². The summed E-state index contributed by atoms with van der Waals surface area (Å²) >= 11 is 0. The maximum Gasteiger partial charge on any atom is 0.167 e. The molecule has 1 aliphatic rings. The van der Waals surface area contributed by atoms with Gasteiger partial charge in [0.25, 0.3) is 0 Å². The van der Waals surface area contributed by atoms with Gasteiger partial charge in [-0.25, -0.2) is 19.3 Å². The van der Waals surface area contributed by atoms with Gasteiger partial charge >= 0.3 is 0 Å². The highest BCUT2D eigenvalue weighted by atomic mass is 19.1. The van der Waals surface area contributed by atoms with Gasteiger partial charge in [0.2, 0.25) is 0 Å². The van der Waals surface area contributed by atoms with E-state index in [2.05, 4.69) is 20.3 Å². The van der Waals surface area contributed by atoms with E-state index in [9.17, 15) is 19.7 Å². The molecule has 0 amide bonds. The average molecular weight is 389 g/mol. The monoisotopic (exact) mass is 389 g/mol. The summed E-state index contributed by atoms with van der Waals surface area (Å²) in [4.78, 5) is 12.7. The maximum atomic E-state index is 13.0. The van der Waals surface area contributed by atoms with Crippen molar-refractivity contribution in [2.75, 3.05) is 18.5 Å². The number of halogens is 1. The number of aromatic nitrogens is 4. The van der Waals surface area contributed by atoms with Crippen LogP contribution in [0.2, 0.25) is 0 Å². The summed E-state index contributed by atoms with van der Waals surface area (Å²) in [6, 6.07) is 6.29. The lowest BCUT2D eigenvalue weighted by Gasteiger charge is -2.16. The Balaban J connectivity index is 1.51. The molecule has 9 nitrogen and oxygen atoms in total. The first-order valence-corrected chi connectivity index (χ1v) is 8.87. The van der Waals surface area contributed by atoms with Gasteiger partial charge < -0.3 is 25.4 Å². The van der Waals surface area contributed by atoms with Crippen LogP contribution in [0.15, 0.2) is 36.9 Å². The minimum Gasteiger partial charge on any atom is -0.394 e. The summed E-state index contributed by atoms with van der Waals surface area (Å²) in [7, 11) is 0. The van der Waals surface area contributed by atoms with Gasteiger partial charge in [0, 0.05) is 6.54 Å². The lowest BCUT2D eigenvalue weighted by atomic mass is 10.1. The van der Waals surface area contributed by atoms with Gasteiger partial charge in [0.15, 0.2) is 23.2 Å². The maximum absolute atomic E-state index is 13.0. The van der Waals surface area contributed by atoms with Gasteiger partial charge in [-0.1, -0.05) is 12.1 Å². The first-order chi connectivity index (χ1) is 13.6. The third kappa shape index (κ3) is 3.42. The number of benzene rings is 1. The van der Waals surface area contributed by atoms with Crippen LogP contribution in [0.4, 0.5) is 10.2 Å². The van der Waals surface area contributed by atoms with E-state index in [1.807, 2.05) is 0 Å². The molecule has 1 aromatic carbocycles. The average Bonchev–Trinajstić information content (AvgIpc) is 3.25. The van der Waals surface area contributed by atoms with Crippen molar-refractivity contribution in [1.82, 2.24) is 19.5 Å². The number of ether oxygens (including phenoxy) is 1. The molecule has 0 bridgehead atoms. The topological polar surface area (TPSA) is 126 Å². The molecule has 28 heavy (non-hydrogen) atoms. The first-order valence-electron chi connectivity index (χ1n) is 8.87. The molecule has 3 heterocycles. The van der Waals surface area contributed by atoms with Crippen LogP contribution < -0.4 is 5.32 Å². The molecule has 148 valence electrons. The van der Waals surface area contributed by atoms with Crippen LogP contribution in [-0.4, -0.2) is 66.3 Å². The molecule has 4 rings (SSSR count). The van der Waals surface area contributed by atoms with Crippen molar-refractivity contribution in [3.8, 4) is 0 Å². The normalized spacial score (nSPS) is 24.7. The van der Waals surface area contributed by atoms with Gasteiger partial charge in [-0.2, -0.15) is 0 Å². The van der Waals surface area contributed by atoms with Crippen LogP contribution in [0.25, 0.3) is 11.2 Å². The Hall–Kier alpha value is -2.66. The van der Waals surface area contributed by atoms with Crippen LogP contribution in [0.3, 0.4) is 0 Å². The molecule has 10 heteroatoms. The third-order valence-electron chi connectivity index (χ3n) is 4.77. The molecule has 4 N–H and O–H groups in total. The number of hydrogen-bond acceptors (Lipinski definition) is 8. The molecule has 0 spiro atoms. The second kappa shape index (κ2) is 7.76. The van der Waals surface area contributed by atoms with Gasteiger partial charge in [0.1, 0.15) is 30.5 Å². The fourth-order valence-electron chi connectivity index (χ4n) is 3.25. The fourth-order valence-corrected chi connectivity index (χ4v) is 3.25. The number of hydrogen-bond donors (Lipinski definition) is 4. The second-order valence-electron chi connectivity index (χ2n) is 6.58. The molecule has 0 radical (unpaired) electrons. The molecule has 0 aliphatic carbocycles. The number of imidazole rings is 1. The van der Waals surface area contributed by atoms with Gasteiger partial charge in [-0.15, -0.1) is 0 Å². The van der Waals surface area contributed by atoms with Crippen LogP contribution in [0.1, 0.15) is 11.8 Å². The lowest BCUT2D eigenvalue weighted by Crippen LogP contribution is -2.33. The van der Waals surface area contributed by atoms with Crippen molar-refractivity contribution < 1.29 is 24.4 Å². The van der Waals surface area contributed by atoms with Crippen LogP contribution in [-0.2, 0) is 11.2 Å². The highest BCUT2D eigenvalue weighted by molar-refractivity contribution is 5.82. The van der Waals surface area contributed by atoms with E-state index >= 15 is 0 Å². The smallest absolute Gasteiger partial charge is 0.167 e. The standard InChI is InChI=1S/C18H20FN5O4/c19-11-3-1-10(2-4-11)5-6-20-16-13-17(22-8-21-16)24(9-23-13)18-15(27)14(26)12(7-25)28-18/h1-4,8-9,12,14-15,18,25-27H,5-7H2,(H,20,21,22). The van der Waals surface area contributed by atoms with Crippen molar-refractivity contribution in [3.05, 3.63) is 48.3 Å². The molecular formula is C18H20FN5O4. The fraction of sp³-hybridized carbons (Fsp3) is 0.389. The summed E-state index contributed by atoms with van der Waals surface area (Å²) in [5.41, 5.74) is 1.89. The molecule has 1 fully saturated rings. The van der Waals surface area contributed by atoms with E-state index in [4.69, 9.17) is 4.74 Å². The quantitative estimate of drug-likeness (QED) is 0.472. The lowest BCUT2D eigenvalue weighted by molar-refractivity contribution is -0.0511. The zero-order valence-electron chi connectivity index (χ0n) is 14.8. The predicted octanol–water partition coefficient (Wildman–Crippen LogP) is 0.231. The van der Waals surface area contributed by atoms with Crippen molar-refractivity contribution >= 4 is 17.0 Å². The zero-order valence-corrected chi connectivity index (χ0v) is 14.8. The molecule has 1 aliphatic heterocycles. The van der Waals surface area contributed by atoms with Crippen molar-refractivity contribution in [1.29, 1.82) is 0 Å². The van der Waals surface area contributed by atoms with Crippen LogP contribution >= 0.6 is 0 Å². The predicted molar refractivity (Wildman–Crippen MR) is 96.9 cm³/mol. The van der Waals surface area contributed by atoms with Crippen molar-refractivity contribution in [2.24, 2.45) is 0 Å². The number of rotatable bonds is 6. The Kier molecular flexibility index (Phi) is 5.18. The van der Waals surface area contributed by atoms with Gasteiger partial charge in [0.05, 0.1) is 12.9 Å².